The van der Waals surface area contributed by atoms with Gasteiger partial charge in [0.05, 0.1) is 0 Å². The molecule has 1 unspecified atom stereocenters. The van der Waals surface area contributed by atoms with Gasteiger partial charge in [0.25, 0.3) is 0 Å². The van der Waals surface area contributed by atoms with E-state index in [0.29, 0.717) is 0 Å². The molecular weight excluding hydrogens is 252 g/mol. The highest BCUT2D eigenvalue weighted by molar-refractivity contribution is 5.36. The molecule has 3 atom stereocenters. The third-order valence-electron chi connectivity index (χ3n) is 5.74. The van der Waals surface area contributed by atoms with Gasteiger partial charge in [-0.25, -0.2) is 0 Å². The second kappa shape index (κ2) is 5.67. The lowest BCUT2D eigenvalue weighted by atomic mass is 9.68. The third kappa shape index (κ3) is 2.41. The van der Waals surface area contributed by atoms with Gasteiger partial charge in [-0.1, -0.05) is 67.4 Å². The Morgan fingerprint density at radius 3 is 2.33 bits per heavy atom. The summed E-state index contributed by atoms with van der Waals surface area (Å²) in [6.45, 7) is 0. The summed E-state index contributed by atoms with van der Waals surface area (Å²) in [5, 5.41) is 0. The van der Waals surface area contributed by atoms with Crippen molar-refractivity contribution in [2.75, 3.05) is 0 Å². The zero-order chi connectivity index (χ0) is 14.1. The molecule has 2 aliphatic carbocycles. The van der Waals surface area contributed by atoms with E-state index in [0.717, 1.165) is 17.8 Å². The molecule has 0 radical (unpaired) electrons. The molecule has 0 saturated heterocycles. The Kier molecular flexibility index (Phi) is 3.55. The first-order chi connectivity index (χ1) is 10.4. The van der Waals surface area contributed by atoms with E-state index in [1.807, 2.05) is 0 Å². The Morgan fingerprint density at radius 2 is 1.43 bits per heavy atom. The van der Waals surface area contributed by atoms with Crippen LogP contribution in [0.5, 0.6) is 0 Å². The molecule has 2 aromatic carbocycles. The zero-order valence-electron chi connectivity index (χ0n) is 12.7. The van der Waals surface area contributed by atoms with Crippen LogP contribution in [0.4, 0.5) is 0 Å². The number of rotatable bonds is 2. The molecule has 108 valence electrons. The standard InChI is InChI=1S/C21H24/c1-2-8-16(9-3-1)18-12-6-7-13-20(18)21-15-14-17-10-4-5-11-19(17)21/h1-5,8-11,18,20-21H,6-7,12-15H2/t18-,20?,21+/m1/s1. The van der Waals surface area contributed by atoms with Gasteiger partial charge in [0.1, 0.15) is 0 Å². The fourth-order valence-corrected chi connectivity index (χ4v) is 4.79. The molecule has 0 aromatic heterocycles. The van der Waals surface area contributed by atoms with Crippen molar-refractivity contribution in [2.24, 2.45) is 5.92 Å². The van der Waals surface area contributed by atoms with Crippen LogP contribution in [0, 0.1) is 5.92 Å². The largest absolute Gasteiger partial charge is 0.0622 e. The second-order valence-electron chi connectivity index (χ2n) is 6.81. The number of fused-ring (bicyclic) bond motifs is 1. The lowest BCUT2D eigenvalue weighted by Gasteiger charge is -2.36. The summed E-state index contributed by atoms with van der Waals surface area (Å²) < 4.78 is 0. The second-order valence-corrected chi connectivity index (χ2v) is 6.81. The van der Waals surface area contributed by atoms with Crippen molar-refractivity contribution in [1.29, 1.82) is 0 Å². The van der Waals surface area contributed by atoms with E-state index in [-0.39, 0.29) is 0 Å². The fourth-order valence-electron chi connectivity index (χ4n) is 4.79. The van der Waals surface area contributed by atoms with Crippen LogP contribution in [-0.4, -0.2) is 0 Å². The van der Waals surface area contributed by atoms with Crippen LogP contribution in [-0.2, 0) is 6.42 Å². The quantitative estimate of drug-likeness (QED) is 0.661. The van der Waals surface area contributed by atoms with Gasteiger partial charge in [0.2, 0.25) is 0 Å². The highest BCUT2D eigenvalue weighted by atomic mass is 14.4. The van der Waals surface area contributed by atoms with Crippen LogP contribution in [0.3, 0.4) is 0 Å². The van der Waals surface area contributed by atoms with E-state index in [1.165, 1.54) is 38.5 Å². The summed E-state index contributed by atoms with van der Waals surface area (Å²) in [7, 11) is 0. The van der Waals surface area contributed by atoms with E-state index in [9.17, 15) is 0 Å². The molecule has 2 aromatic rings. The first-order valence-corrected chi connectivity index (χ1v) is 8.56. The maximum Gasteiger partial charge on any atom is -0.0122 e. The molecule has 0 amide bonds. The van der Waals surface area contributed by atoms with Crippen LogP contribution in [0.2, 0.25) is 0 Å². The molecule has 1 fully saturated rings. The highest BCUT2D eigenvalue weighted by Gasteiger charge is 2.36. The van der Waals surface area contributed by atoms with Crippen molar-refractivity contribution >= 4 is 0 Å². The average Bonchev–Trinajstić information content (AvgIpc) is 3.00. The van der Waals surface area contributed by atoms with Crippen molar-refractivity contribution in [1.82, 2.24) is 0 Å². The van der Waals surface area contributed by atoms with E-state index in [2.05, 4.69) is 54.6 Å². The van der Waals surface area contributed by atoms with Gasteiger partial charge >= 0.3 is 0 Å². The van der Waals surface area contributed by atoms with Crippen LogP contribution in [0.1, 0.15) is 60.6 Å². The minimum absolute atomic E-state index is 0.774. The Bertz CT molecular complexity index is 594. The van der Waals surface area contributed by atoms with E-state index in [4.69, 9.17) is 0 Å². The SMILES string of the molecule is c1ccc([C@H]2CCCCC2[C@H]2CCc3ccccc32)cc1. The molecule has 4 rings (SSSR count). The highest BCUT2D eigenvalue weighted by Crippen LogP contribution is 2.49. The zero-order valence-corrected chi connectivity index (χ0v) is 12.7. The minimum atomic E-state index is 0.774. The van der Waals surface area contributed by atoms with E-state index in [1.54, 1.807) is 16.7 Å². The third-order valence-corrected chi connectivity index (χ3v) is 5.74. The molecule has 0 nitrogen and oxygen atoms in total. The van der Waals surface area contributed by atoms with Crippen molar-refractivity contribution in [3.63, 3.8) is 0 Å². The van der Waals surface area contributed by atoms with Crippen molar-refractivity contribution in [3.05, 3.63) is 71.3 Å². The van der Waals surface area contributed by atoms with Crippen LogP contribution in [0.15, 0.2) is 54.6 Å². The average molecular weight is 276 g/mol. The molecule has 0 bridgehead atoms. The van der Waals surface area contributed by atoms with Crippen LogP contribution >= 0.6 is 0 Å². The number of aryl methyl sites for hydroxylation is 1. The maximum atomic E-state index is 2.39. The van der Waals surface area contributed by atoms with Gasteiger partial charge in [0.15, 0.2) is 0 Å². The topological polar surface area (TPSA) is 0 Å². The molecular formula is C21H24. The normalized spacial score (nSPS) is 28.3. The van der Waals surface area contributed by atoms with Gasteiger partial charge in [-0.3, -0.25) is 0 Å². The van der Waals surface area contributed by atoms with Crippen LogP contribution < -0.4 is 0 Å². The summed E-state index contributed by atoms with van der Waals surface area (Å²) in [4.78, 5) is 0. The fraction of sp³-hybridized carbons (Fsp3) is 0.429. The van der Waals surface area contributed by atoms with Crippen molar-refractivity contribution in [2.45, 2.75) is 50.4 Å². The van der Waals surface area contributed by atoms with Gasteiger partial charge in [-0.05, 0) is 60.1 Å². The van der Waals surface area contributed by atoms with Gasteiger partial charge < -0.3 is 0 Å². The van der Waals surface area contributed by atoms with E-state index >= 15 is 0 Å². The first-order valence-electron chi connectivity index (χ1n) is 8.56. The predicted molar refractivity (Wildman–Crippen MR) is 88.6 cm³/mol. The number of benzene rings is 2. The van der Waals surface area contributed by atoms with Gasteiger partial charge in [-0.2, -0.15) is 0 Å². The first kappa shape index (κ1) is 13.1. The number of hydrogen-bond acceptors (Lipinski definition) is 0. The monoisotopic (exact) mass is 276 g/mol. The Balaban J connectivity index is 1.67. The molecule has 1 saturated carbocycles. The lowest BCUT2D eigenvalue weighted by molar-refractivity contribution is 0.260. The Hall–Kier alpha value is -1.56. The Labute approximate surface area is 128 Å². The van der Waals surface area contributed by atoms with Gasteiger partial charge in [-0.15, -0.1) is 0 Å². The smallest absolute Gasteiger partial charge is 0.0122 e. The molecule has 0 heterocycles. The van der Waals surface area contributed by atoms with Gasteiger partial charge in [0, 0.05) is 0 Å². The number of hydrogen-bond donors (Lipinski definition) is 0. The maximum absolute atomic E-state index is 2.39. The predicted octanol–water partition coefficient (Wildman–Crippen LogP) is 5.69. The summed E-state index contributed by atoms with van der Waals surface area (Å²) in [5.74, 6) is 2.42. The Morgan fingerprint density at radius 1 is 0.667 bits per heavy atom. The molecule has 0 aliphatic heterocycles. The van der Waals surface area contributed by atoms with Crippen molar-refractivity contribution in [3.8, 4) is 0 Å². The summed E-state index contributed by atoms with van der Waals surface area (Å²) in [5.41, 5.74) is 4.84. The summed E-state index contributed by atoms with van der Waals surface area (Å²) >= 11 is 0. The molecule has 2 aliphatic rings. The lowest BCUT2D eigenvalue weighted by Crippen LogP contribution is -2.23. The molecule has 0 spiro atoms. The summed E-state index contributed by atoms with van der Waals surface area (Å²) in [6.07, 6.45) is 8.29. The summed E-state index contributed by atoms with van der Waals surface area (Å²) in [6, 6.07) is 20.4. The van der Waals surface area contributed by atoms with E-state index < -0.39 is 0 Å². The molecule has 0 N–H and O–H groups in total. The minimum Gasteiger partial charge on any atom is -0.0622 e. The van der Waals surface area contributed by atoms with Crippen LogP contribution in [0.25, 0.3) is 0 Å². The molecule has 21 heavy (non-hydrogen) atoms. The van der Waals surface area contributed by atoms with Crippen molar-refractivity contribution < 1.29 is 0 Å². The molecule has 0 heteroatoms.